The highest BCUT2D eigenvalue weighted by Gasteiger charge is 2.28. The number of fused-ring (bicyclic) bond motifs is 1. The quantitative estimate of drug-likeness (QED) is 0.663. The standard InChI is InChI=1S/C14H20N4S/c1-18-7-6-16-14(18)9-12(17-15)10-3-2-4-13-11(10)5-8-19-13/h5-8,10,12,17H,2-4,9,15H2,1H3. The Balaban J connectivity index is 1.82. The fourth-order valence-electron chi connectivity index (χ4n) is 3.05. The van der Waals surface area contributed by atoms with E-state index in [9.17, 15) is 0 Å². The molecule has 4 nitrogen and oxygen atoms in total. The maximum Gasteiger partial charge on any atom is 0.109 e. The van der Waals surface area contributed by atoms with E-state index in [1.54, 1.807) is 0 Å². The molecule has 2 aromatic rings. The van der Waals surface area contributed by atoms with Gasteiger partial charge in [0.05, 0.1) is 0 Å². The summed E-state index contributed by atoms with van der Waals surface area (Å²) in [5, 5.41) is 2.21. The van der Waals surface area contributed by atoms with Crippen molar-refractivity contribution in [3.05, 3.63) is 40.1 Å². The number of hydrogen-bond acceptors (Lipinski definition) is 4. The predicted octanol–water partition coefficient (Wildman–Crippen LogP) is 1.98. The normalized spacial score (nSPS) is 20.2. The third-order valence-electron chi connectivity index (χ3n) is 4.12. The Labute approximate surface area is 117 Å². The highest BCUT2D eigenvalue weighted by molar-refractivity contribution is 7.10. The van der Waals surface area contributed by atoms with Crippen LogP contribution < -0.4 is 11.3 Å². The minimum atomic E-state index is 0.259. The Morgan fingerprint density at radius 2 is 2.53 bits per heavy atom. The molecular formula is C14H20N4S. The summed E-state index contributed by atoms with van der Waals surface area (Å²) in [6.45, 7) is 0. The van der Waals surface area contributed by atoms with Crippen molar-refractivity contribution in [2.45, 2.75) is 37.6 Å². The molecule has 2 heterocycles. The van der Waals surface area contributed by atoms with Gasteiger partial charge in [0.2, 0.25) is 0 Å². The molecule has 102 valence electrons. The van der Waals surface area contributed by atoms with Crippen LogP contribution in [0.4, 0.5) is 0 Å². The molecule has 0 aromatic carbocycles. The van der Waals surface area contributed by atoms with Crippen LogP contribution >= 0.6 is 11.3 Å². The molecule has 0 aliphatic heterocycles. The topological polar surface area (TPSA) is 55.9 Å². The summed E-state index contributed by atoms with van der Waals surface area (Å²) in [7, 11) is 2.03. The Morgan fingerprint density at radius 1 is 1.63 bits per heavy atom. The van der Waals surface area contributed by atoms with E-state index in [0.717, 1.165) is 12.2 Å². The lowest BCUT2D eigenvalue weighted by molar-refractivity contribution is 0.389. The molecule has 2 aromatic heterocycles. The van der Waals surface area contributed by atoms with Crippen molar-refractivity contribution in [2.24, 2.45) is 12.9 Å². The third kappa shape index (κ3) is 2.45. The summed E-state index contributed by atoms with van der Waals surface area (Å²) >= 11 is 1.88. The monoisotopic (exact) mass is 276 g/mol. The van der Waals surface area contributed by atoms with Gasteiger partial charge in [0.15, 0.2) is 0 Å². The molecule has 2 atom stereocenters. The van der Waals surface area contributed by atoms with Crippen LogP contribution in [0.1, 0.15) is 35.0 Å². The lowest BCUT2D eigenvalue weighted by atomic mass is 9.81. The number of hydrogen-bond donors (Lipinski definition) is 2. The van der Waals surface area contributed by atoms with Crippen molar-refractivity contribution < 1.29 is 0 Å². The van der Waals surface area contributed by atoms with E-state index >= 15 is 0 Å². The maximum absolute atomic E-state index is 5.81. The Hall–Kier alpha value is -1.17. The van der Waals surface area contributed by atoms with Crippen molar-refractivity contribution in [2.75, 3.05) is 0 Å². The van der Waals surface area contributed by atoms with Crippen LogP contribution in [0, 0.1) is 0 Å². The van der Waals surface area contributed by atoms with Gasteiger partial charge in [-0.25, -0.2) is 4.98 Å². The molecule has 3 rings (SSSR count). The highest BCUT2D eigenvalue weighted by Crippen LogP contribution is 2.37. The first-order chi connectivity index (χ1) is 9.29. The fourth-order valence-corrected chi connectivity index (χ4v) is 4.04. The number of nitrogens with two attached hydrogens (primary N) is 1. The largest absolute Gasteiger partial charge is 0.338 e. The first-order valence-electron chi connectivity index (χ1n) is 6.78. The molecule has 0 spiro atoms. The van der Waals surface area contributed by atoms with Crippen LogP contribution in [-0.2, 0) is 19.9 Å². The molecule has 0 amide bonds. The summed E-state index contributed by atoms with van der Waals surface area (Å²) in [4.78, 5) is 5.95. The zero-order valence-corrected chi connectivity index (χ0v) is 12.0. The number of nitrogens with one attached hydrogen (secondary N) is 1. The first kappa shape index (κ1) is 12.8. The van der Waals surface area contributed by atoms with E-state index < -0.39 is 0 Å². The van der Waals surface area contributed by atoms with Gasteiger partial charge in [-0.3, -0.25) is 11.3 Å². The SMILES string of the molecule is Cn1ccnc1CC(NN)C1CCCc2sccc21. The average molecular weight is 276 g/mol. The smallest absolute Gasteiger partial charge is 0.109 e. The molecule has 2 unspecified atom stereocenters. The number of imidazole rings is 1. The van der Waals surface area contributed by atoms with Gasteiger partial charge < -0.3 is 4.57 Å². The minimum Gasteiger partial charge on any atom is -0.338 e. The number of nitrogens with zero attached hydrogens (tertiary/aromatic N) is 2. The molecule has 1 aliphatic carbocycles. The van der Waals surface area contributed by atoms with Crippen molar-refractivity contribution in [3.63, 3.8) is 0 Å². The van der Waals surface area contributed by atoms with Crippen LogP contribution in [0.25, 0.3) is 0 Å². The van der Waals surface area contributed by atoms with Gasteiger partial charge >= 0.3 is 0 Å². The first-order valence-corrected chi connectivity index (χ1v) is 7.66. The van der Waals surface area contributed by atoms with Gasteiger partial charge in [-0.1, -0.05) is 0 Å². The Morgan fingerprint density at radius 3 is 3.26 bits per heavy atom. The second kappa shape index (κ2) is 5.45. The number of hydrazine groups is 1. The summed E-state index contributed by atoms with van der Waals surface area (Å²) < 4.78 is 2.07. The van der Waals surface area contributed by atoms with Gasteiger partial charge in [0.25, 0.3) is 0 Å². The van der Waals surface area contributed by atoms with E-state index in [0.29, 0.717) is 5.92 Å². The highest BCUT2D eigenvalue weighted by atomic mass is 32.1. The van der Waals surface area contributed by atoms with Gasteiger partial charge in [-0.2, -0.15) is 0 Å². The molecule has 19 heavy (non-hydrogen) atoms. The molecule has 1 aliphatic rings. The van der Waals surface area contributed by atoms with Gasteiger partial charge in [0.1, 0.15) is 5.82 Å². The number of rotatable bonds is 4. The number of aromatic nitrogens is 2. The number of thiophene rings is 1. The molecule has 3 N–H and O–H groups in total. The summed E-state index contributed by atoms with van der Waals surface area (Å²) in [5.41, 5.74) is 4.51. The van der Waals surface area contributed by atoms with Crippen LogP contribution in [0.3, 0.4) is 0 Å². The van der Waals surface area contributed by atoms with Crippen molar-refractivity contribution in [1.82, 2.24) is 15.0 Å². The van der Waals surface area contributed by atoms with Gasteiger partial charge in [-0.15, -0.1) is 11.3 Å². The average Bonchev–Trinajstić information content (AvgIpc) is 3.04. The van der Waals surface area contributed by atoms with Crippen LogP contribution in [0.5, 0.6) is 0 Å². The number of aryl methyl sites for hydroxylation is 2. The van der Waals surface area contributed by atoms with Crippen molar-refractivity contribution in [3.8, 4) is 0 Å². The summed E-state index contributed by atoms with van der Waals surface area (Å²) in [6.07, 6.45) is 8.41. The lowest BCUT2D eigenvalue weighted by Gasteiger charge is -2.30. The molecule has 0 saturated carbocycles. The maximum atomic E-state index is 5.81. The fraction of sp³-hybridized carbons (Fsp3) is 0.500. The van der Waals surface area contributed by atoms with Crippen LogP contribution in [-0.4, -0.2) is 15.6 Å². The molecule has 0 fully saturated rings. The van der Waals surface area contributed by atoms with E-state index in [1.807, 2.05) is 30.8 Å². The van der Waals surface area contributed by atoms with Gasteiger partial charge in [0, 0.05) is 42.7 Å². The zero-order valence-electron chi connectivity index (χ0n) is 11.2. The van der Waals surface area contributed by atoms with E-state index in [1.165, 1.54) is 29.7 Å². The Kier molecular flexibility index (Phi) is 3.68. The molecule has 5 heteroatoms. The summed E-state index contributed by atoms with van der Waals surface area (Å²) in [6, 6.07) is 2.53. The van der Waals surface area contributed by atoms with E-state index in [-0.39, 0.29) is 6.04 Å². The molecular weight excluding hydrogens is 256 g/mol. The zero-order chi connectivity index (χ0) is 13.2. The molecule has 0 radical (unpaired) electrons. The minimum absolute atomic E-state index is 0.259. The van der Waals surface area contributed by atoms with Crippen LogP contribution in [0.15, 0.2) is 23.8 Å². The molecule has 0 bridgehead atoms. The lowest BCUT2D eigenvalue weighted by Crippen LogP contribution is -2.42. The third-order valence-corrected chi connectivity index (χ3v) is 5.12. The van der Waals surface area contributed by atoms with E-state index in [4.69, 9.17) is 5.84 Å². The van der Waals surface area contributed by atoms with Gasteiger partial charge in [-0.05, 0) is 36.3 Å². The van der Waals surface area contributed by atoms with Crippen LogP contribution in [0.2, 0.25) is 0 Å². The van der Waals surface area contributed by atoms with Crippen molar-refractivity contribution in [1.29, 1.82) is 0 Å². The van der Waals surface area contributed by atoms with Crippen molar-refractivity contribution >= 4 is 11.3 Å². The molecule has 0 saturated heterocycles. The predicted molar refractivity (Wildman–Crippen MR) is 78.0 cm³/mol. The second-order valence-electron chi connectivity index (χ2n) is 5.23. The second-order valence-corrected chi connectivity index (χ2v) is 6.23. The summed E-state index contributed by atoms with van der Waals surface area (Å²) in [5.74, 6) is 7.41. The Bertz CT molecular complexity index is 545. The van der Waals surface area contributed by atoms with E-state index in [2.05, 4.69) is 26.4 Å².